The number of likely N-dealkylation sites (tertiary alicyclic amines) is 1. The molecule has 2 rings (SSSR count). The number of nitrogens with zero attached hydrogens (tertiary/aromatic N) is 4. The van der Waals surface area contributed by atoms with Crippen molar-refractivity contribution in [1.29, 1.82) is 0 Å². The zero-order valence-electron chi connectivity index (χ0n) is 9.96. The highest BCUT2D eigenvalue weighted by Crippen LogP contribution is 2.07. The van der Waals surface area contributed by atoms with Crippen LogP contribution in [0.5, 0.6) is 0 Å². The molecular weight excluding hydrogens is 329 g/mol. The van der Waals surface area contributed by atoms with Crippen LogP contribution < -0.4 is 5.73 Å². The normalized spacial score (nSPS) is 16.7. The third-order valence-corrected chi connectivity index (χ3v) is 2.84. The van der Waals surface area contributed by atoms with Gasteiger partial charge < -0.3 is 10.6 Å². The zero-order chi connectivity index (χ0) is 11.2. The molecule has 17 heavy (non-hydrogen) atoms. The Morgan fingerprint density at radius 1 is 1.29 bits per heavy atom. The van der Waals surface area contributed by atoms with Gasteiger partial charge in [-0.15, -0.1) is 24.0 Å². The highest BCUT2D eigenvalue weighted by Gasteiger charge is 2.11. The monoisotopic (exact) mass is 349 g/mol. The summed E-state index contributed by atoms with van der Waals surface area (Å²) >= 11 is 0. The van der Waals surface area contributed by atoms with Crippen LogP contribution in [0.3, 0.4) is 0 Å². The molecule has 96 valence electrons. The molecule has 1 aliphatic rings. The van der Waals surface area contributed by atoms with Crippen molar-refractivity contribution >= 4 is 29.9 Å². The molecule has 0 saturated carbocycles. The van der Waals surface area contributed by atoms with Crippen LogP contribution in [0.2, 0.25) is 0 Å². The Hall–Kier alpha value is -0.790. The summed E-state index contributed by atoms with van der Waals surface area (Å²) in [7, 11) is 0. The Balaban J connectivity index is 0.00000144. The van der Waals surface area contributed by atoms with Crippen molar-refractivity contribution < 1.29 is 0 Å². The fourth-order valence-corrected chi connectivity index (χ4v) is 1.92. The third kappa shape index (κ3) is 4.53. The lowest BCUT2D eigenvalue weighted by Gasteiger charge is -2.27. The molecule has 1 aromatic heterocycles. The highest BCUT2D eigenvalue weighted by molar-refractivity contribution is 14.0. The van der Waals surface area contributed by atoms with Gasteiger partial charge in [0, 0.05) is 25.5 Å². The molecule has 5 nitrogen and oxygen atoms in total. The van der Waals surface area contributed by atoms with E-state index in [1.54, 1.807) is 6.20 Å². The smallest absolute Gasteiger partial charge is 0.191 e. The summed E-state index contributed by atoms with van der Waals surface area (Å²) in [6.07, 6.45) is 7.49. The van der Waals surface area contributed by atoms with Crippen molar-refractivity contribution in [2.24, 2.45) is 10.7 Å². The minimum absolute atomic E-state index is 0. The largest absolute Gasteiger partial charge is 0.370 e. The molecule has 1 saturated heterocycles. The summed E-state index contributed by atoms with van der Waals surface area (Å²) in [5.41, 5.74) is 5.93. The molecule has 2 heterocycles. The maximum absolute atomic E-state index is 5.93. The van der Waals surface area contributed by atoms with E-state index in [9.17, 15) is 0 Å². The van der Waals surface area contributed by atoms with Crippen LogP contribution >= 0.6 is 24.0 Å². The molecule has 0 unspecified atom stereocenters. The number of aliphatic imine (C=N–C) groups is 1. The van der Waals surface area contributed by atoms with E-state index in [-0.39, 0.29) is 24.0 Å². The van der Waals surface area contributed by atoms with E-state index in [1.807, 2.05) is 16.9 Å². The average Bonchev–Trinajstić information content (AvgIpc) is 2.83. The van der Waals surface area contributed by atoms with Gasteiger partial charge in [-0.2, -0.15) is 5.10 Å². The molecule has 0 spiro atoms. The van der Waals surface area contributed by atoms with Gasteiger partial charge in [0.05, 0.1) is 13.1 Å². The van der Waals surface area contributed by atoms with Crippen LogP contribution in [-0.4, -0.2) is 40.3 Å². The molecule has 1 aromatic rings. The Labute approximate surface area is 119 Å². The van der Waals surface area contributed by atoms with E-state index in [2.05, 4.69) is 15.0 Å². The number of hydrogen-bond donors (Lipinski definition) is 1. The molecule has 1 fully saturated rings. The molecule has 0 atom stereocenters. The molecule has 2 N–H and O–H groups in total. The molecular formula is C11H20IN5. The van der Waals surface area contributed by atoms with Crippen molar-refractivity contribution in [3.05, 3.63) is 18.5 Å². The standard InChI is InChI=1S/C11H19N5.HI/c12-11(15-7-2-1-3-8-15)13-6-10-16-9-4-5-14-16;/h4-5,9H,1-3,6-8,10H2,(H2,12,13);1H. The van der Waals surface area contributed by atoms with E-state index < -0.39 is 0 Å². The first-order chi connectivity index (χ1) is 7.86. The van der Waals surface area contributed by atoms with Crippen molar-refractivity contribution in [3.8, 4) is 0 Å². The van der Waals surface area contributed by atoms with Gasteiger partial charge >= 0.3 is 0 Å². The first-order valence-corrected chi connectivity index (χ1v) is 5.88. The van der Waals surface area contributed by atoms with Crippen LogP contribution in [-0.2, 0) is 6.54 Å². The van der Waals surface area contributed by atoms with Gasteiger partial charge in [0.2, 0.25) is 0 Å². The third-order valence-electron chi connectivity index (χ3n) is 2.84. The Morgan fingerprint density at radius 3 is 2.71 bits per heavy atom. The van der Waals surface area contributed by atoms with Crippen LogP contribution in [0.25, 0.3) is 0 Å². The number of guanidine groups is 1. The summed E-state index contributed by atoms with van der Waals surface area (Å²) in [4.78, 5) is 6.56. The van der Waals surface area contributed by atoms with Gasteiger partial charge in [-0.25, -0.2) is 0 Å². The predicted octanol–water partition coefficient (Wildman–Crippen LogP) is 1.30. The summed E-state index contributed by atoms with van der Waals surface area (Å²) in [5.74, 6) is 0.687. The van der Waals surface area contributed by atoms with Crippen molar-refractivity contribution in [2.45, 2.75) is 25.8 Å². The zero-order valence-corrected chi connectivity index (χ0v) is 12.3. The second-order valence-corrected chi connectivity index (χ2v) is 4.06. The SMILES string of the molecule is I.NC(=NCCn1cccn1)N1CCCCC1. The predicted molar refractivity (Wildman–Crippen MR) is 79.6 cm³/mol. The second kappa shape index (κ2) is 7.52. The maximum Gasteiger partial charge on any atom is 0.191 e. The number of hydrogen-bond acceptors (Lipinski definition) is 2. The molecule has 0 amide bonds. The topological polar surface area (TPSA) is 59.4 Å². The summed E-state index contributed by atoms with van der Waals surface area (Å²) in [6, 6.07) is 1.91. The first-order valence-electron chi connectivity index (χ1n) is 5.88. The summed E-state index contributed by atoms with van der Waals surface area (Å²) in [6.45, 7) is 3.60. The average molecular weight is 349 g/mol. The van der Waals surface area contributed by atoms with Gasteiger partial charge in [0.25, 0.3) is 0 Å². The van der Waals surface area contributed by atoms with E-state index in [0.29, 0.717) is 12.5 Å². The Morgan fingerprint density at radius 2 is 2.06 bits per heavy atom. The minimum Gasteiger partial charge on any atom is -0.370 e. The van der Waals surface area contributed by atoms with E-state index in [4.69, 9.17) is 5.73 Å². The second-order valence-electron chi connectivity index (χ2n) is 4.06. The van der Waals surface area contributed by atoms with Crippen LogP contribution in [0.4, 0.5) is 0 Å². The quantitative estimate of drug-likeness (QED) is 0.508. The number of nitrogens with two attached hydrogens (primary N) is 1. The fraction of sp³-hybridized carbons (Fsp3) is 0.636. The van der Waals surface area contributed by atoms with Gasteiger partial charge in [-0.3, -0.25) is 9.67 Å². The lowest BCUT2D eigenvalue weighted by Crippen LogP contribution is -2.41. The molecule has 0 radical (unpaired) electrons. The van der Waals surface area contributed by atoms with Crippen LogP contribution in [0, 0.1) is 0 Å². The maximum atomic E-state index is 5.93. The molecule has 0 aliphatic carbocycles. The molecule has 1 aliphatic heterocycles. The van der Waals surface area contributed by atoms with Crippen molar-refractivity contribution in [1.82, 2.24) is 14.7 Å². The van der Waals surface area contributed by atoms with Gasteiger partial charge in [0.1, 0.15) is 0 Å². The van der Waals surface area contributed by atoms with Gasteiger partial charge in [-0.1, -0.05) is 0 Å². The fourth-order valence-electron chi connectivity index (χ4n) is 1.92. The lowest BCUT2D eigenvalue weighted by molar-refractivity contribution is 0.338. The van der Waals surface area contributed by atoms with Crippen molar-refractivity contribution in [3.63, 3.8) is 0 Å². The lowest BCUT2D eigenvalue weighted by atomic mass is 10.1. The van der Waals surface area contributed by atoms with Crippen LogP contribution in [0.15, 0.2) is 23.5 Å². The minimum atomic E-state index is 0. The Bertz CT molecular complexity index is 330. The van der Waals surface area contributed by atoms with Gasteiger partial charge in [0.15, 0.2) is 5.96 Å². The first kappa shape index (κ1) is 14.3. The van der Waals surface area contributed by atoms with E-state index in [1.165, 1.54) is 19.3 Å². The van der Waals surface area contributed by atoms with Gasteiger partial charge in [-0.05, 0) is 25.3 Å². The molecule has 6 heteroatoms. The number of halogens is 1. The Kier molecular flexibility index (Phi) is 6.31. The summed E-state index contributed by atoms with van der Waals surface area (Å²) in [5, 5.41) is 4.12. The van der Waals surface area contributed by atoms with Crippen LogP contribution in [0.1, 0.15) is 19.3 Å². The summed E-state index contributed by atoms with van der Waals surface area (Å²) < 4.78 is 1.87. The highest BCUT2D eigenvalue weighted by atomic mass is 127. The number of piperidine rings is 1. The number of aromatic nitrogens is 2. The van der Waals surface area contributed by atoms with E-state index in [0.717, 1.165) is 19.6 Å². The van der Waals surface area contributed by atoms with E-state index >= 15 is 0 Å². The molecule has 0 aromatic carbocycles. The number of rotatable bonds is 3. The molecule has 0 bridgehead atoms. The van der Waals surface area contributed by atoms with Crippen molar-refractivity contribution in [2.75, 3.05) is 19.6 Å².